The third kappa shape index (κ3) is 2.17. The van der Waals surface area contributed by atoms with Gasteiger partial charge >= 0.3 is 0 Å². The molecule has 4 aromatic rings. The van der Waals surface area contributed by atoms with Gasteiger partial charge in [-0.05, 0) is 54.1 Å². The van der Waals surface area contributed by atoms with Crippen LogP contribution in [-0.2, 0) is 13.5 Å². The van der Waals surface area contributed by atoms with Gasteiger partial charge in [0.15, 0.2) is 6.20 Å². The van der Waals surface area contributed by atoms with Crippen molar-refractivity contribution in [1.82, 2.24) is 0 Å². The molecule has 130 valence electrons. The maximum Gasteiger partial charge on any atom is 0.257 e. The number of nitriles is 1. The zero-order chi connectivity index (χ0) is 18.7. The Hall–Kier alpha value is -3.38. The SMILES string of the molecule is Cc1cc2cccc3c2c(c1C)-c1c(c2ccc(CC#N)cc2c[n+]1C)O3. The molecule has 0 aliphatic carbocycles. The maximum atomic E-state index is 9.01. The smallest absolute Gasteiger partial charge is 0.257 e. The summed E-state index contributed by atoms with van der Waals surface area (Å²) in [6, 6.07) is 16.9. The molecule has 0 amide bonds. The largest absolute Gasteiger partial charge is 0.449 e. The molecule has 2 heterocycles. The second-order valence-corrected chi connectivity index (χ2v) is 7.32. The second-order valence-electron chi connectivity index (χ2n) is 7.32. The molecule has 0 unspecified atom stereocenters. The lowest BCUT2D eigenvalue weighted by molar-refractivity contribution is -0.659. The quantitative estimate of drug-likeness (QED) is 0.386. The number of aromatic nitrogens is 1. The molecule has 0 fully saturated rings. The molecule has 0 saturated carbocycles. The molecule has 0 N–H and O–H groups in total. The number of pyridine rings is 1. The van der Waals surface area contributed by atoms with Crippen LogP contribution >= 0.6 is 0 Å². The minimum atomic E-state index is 0.415. The average molecular weight is 351 g/mol. The fourth-order valence-electron chi connectivity index (χ4n) is 4.23. The van der Waals surface area contributed by atoms with E-state index in [4.69, 9.17) is 10.00 Å². The van der Waals surface area contributed by atoms with Crippen LogP contribution in [0.1, 0.15) is 16.7 Å². The number of rotatable bonds is 1. The Balaban J connectivity index is 1.93. The maximum absolute atomic E-state index is 9.01. The highest BCUT2D eigenvalue weighted by Crippen LogP contribution is 2.49. The van der Waals surface area contributed by atoms with E-state index in [1.54, 1.807) is 0 Å². The van der Waals surface area contributed by atoms with E-state index in [2.05, 4.69) is 68.1 Å². The molecule has 3 aromatic carbocycles. The summed E-state index contributed by atoms with van der Waals surface area (Å²) in [6.45, 7) is 4.36. The Bertz CT molecular complexity index is 1310. The number of ether oxygens (including phenoxy) is 1. The number of benzene rings is 3. The van der Waals surface area contributed by atoms with Gasteiger partial charge in [0.05, 0.1) is 18.1 Å². The van der Waals surface area contributed by atoms with Gasteiger partial charge in [0, 0.05) is 16.2 Å². The van der Waals surface area contributed by atoms with Crippen molar-refractivity contribution in [3.63, 3.8) is 0 Å². The Labute approximate surface area is 158 Å². The van der Waals surface area contributed by atoms with Crippen LogP contribution in [0.2, 0.25) is 0 Å². The number of nitrogens with zero attached hydrogens (tertiary/aromatic N) is 2. The van der Waals surface area contributed by atoms with Gasteiger partial charge in [0.2, 0.25) is 5.75 Å². The lowest BCUT2D eigenvalue weighted by Gasteiger charge is -2.22. The van der Waals surface area contributed by atoms with Gasteiger partial charge in [0.25, 0.3) is 5.69 Å². The molecule has 0 radical (unpaired) electrons. The molecule has 1 aliphatic heterocycles. The van der Waals surface area contributed by atoms with Crippen molar-refractivity contribution in [1.29, 1.82) is 5.26 Å². The minimum absolute atomic E-state index is 0.415. The van der Waals surface area contributed by atoms with E-state index in [-0.39, 0.29) is 0 Å². The lowest BCUT2D eigenvalue weighted by atomic mass is 9.90. The van der Waals surface area contributed by atoms with E-state index in [1.165, 1.54) is 27.5 Å². The van der Waals surface area contributed by atoms with Gasteiger partial charge in [0.1, 0.15) is 12.8 Å². The van der Waals surface area contributed by atoms with Crippen molar-refractivity contribution in [3.8, 4) is 28.8 Å². The molecule has 27 heavy (non-hydrogen) atoms. The van der Waals surface area contributed by atoms with E-state index < -0.39 is 0 Å². The predicted octanol–water partition coefficient (Wildman–Crippen LogP) is 5.27. The summed E-state index contributed by atoms with van der Waals surface area (Å²) in [5.41, 5.74) is 5.96. The highest BCUT2D eigenvalue weighted by Gasteiger charge is 2.31. The van der Waals surface area contributed by atoms with Crippen molar-refractivity contribution in [3.05, 3.63) is 65.4 Å². The van der Waals surface area contributed by atoms with E-state index in [1.807, 2.05) is 12.1 Å². The zero-order valence-corrected chi connectivity index (χ0v) is 15.6. The third-order valence-electron chi connectivity index (χ3n) is 5.64. The number of hydrogen-bond acceptors (Lipinski definition) is 2. The first-order chi connectivity index (χ1) is 13.1. The van der Waals surface area contributed by atoms with Crippen molar-refractivity contribution < 1.29 is 9.30 Å². The van der Waals surface area contributed by atoms with Crippen molar-refractivity contribution in [2.24, 2.45) is 7.05 Å². The monoisotopic (exact) mass is 351 g/mol. The highest BCUT2D eigenvalue weighted by molar-refractivity contribution is 6.07. The zero-order valence-electron chi connectivity index (χ0n) is 15.6. The lowest BCUT2D eigenvalue weighted by Crippen LogP contribution is -2.32. The molecule has 0 bridgehead atoms. The van der Waals surface area contributed by atoms with Crippen molar-refractivity contribution in [2.75, 3.05) is 0 Å². The van der Waals surface area contributed by atoms with Crippen LogP contribution in [0.3, 0.4) is 0 Å². The summed E-state index contributed by atoms with van der Waals surface area (Å²) in [6.07, 6.45) is 2.55. The van der Waals surface area contributed by atoms with Crippen LogP contribution in [0, 0.1) is 25.2 Å². The molecule has 3 heteroatoms. The van der Waals surface area contributed by atoms with Crippen LogP contribution < -0.4 is 9.30 Å². The summed E-state index contributed by atoms with van der Waals surface area (Å²) in [7, 11) is 2.07. The fourth-order valence-corrected chi connectivity index (χ4v) is 4.23. The first kappa shape index (κ1) is 15.8. The molecule has 0 atom stereocenters. The molecule has 1 aliphatic rings. The summed E-state index contributed by atoms with van der Waals surface area (Å²) in [4.78, 5) is 0. The molecule has 1 aromatic heterocycles. The molecular formula is C24H19N2O+. The van der Waals surface area contributed by atoms with E-state index in [0.29, 0.717) is 6.42 Å². The highest BCUT2D eigenvalue weighted by atomic mass is 16.5. The molecule has 3 nitrogen and oxygen atoms in total. The summed E-state index contributed by atoms with van der Waals surface area (Å²) in [5.74, 6) is 1.80. The molecule has 0 spiro atoms. The fraction of sp³-hybridized carbons (Fsp3) is 0.167. The average Bonchev–Trinajstić information content (AvgIpc) is 2.65. The normalized spacial score (nSPS) is 11.9. The first-order valence-corrected chi connectivity index (χ1v) is 9.12. The van der Waals surface area contributed by atoms with E-state index in [9.17, 15) is 0 Å². The van der Waals surface area contributed by atoms with Gasteiger partial charge in [-0.2, -0.15) is 9.83 Å². The second kappa shape index (κ2) is 5.56. The van der Waals surface area contributed by atoms with Crippen molar-refractivity contribution in [2.45, 2.75) is 20.3 Å². The van der Waals surface area contributed by atoms with Gasteiger partial charge in [-0.25, -0.2) is 0 Å². The van der Waals surface area contributed by atoms with Gasteiger partial charge in [-0.3, -0.25) is 0 Å². The third-order valence-corrected chi connectivity index (χ3v) is 5.64. The topological polar surface area (TPSA) is 36.9 Å². The van der Waals surface area contributed by atoms with Crippen LogP contribution in [0.5, 0.6) is 11.5 Å². The number of hydrogen-bond donors (Lipinski definition) is 0. The summed E-state index contributed by atoms with van der Waals surface area (Å²) >= 11 is 0. The van der Waals surface area contributed by atoms with Gasteiger partial charge in [-0.15, -0.1) is 0 Å². The van der Waals surface area contributed by atoms with Gasteiger partial charge in [-0.1, -0.05) is 24.3 Å². The Morgan fingerprint density at radius 1 is 1.07 bits per heavy atom. The van der Waals surface area contributed by atoms with Crippen LogP contribution in [0.4, 0.5) is 0 Å². The summed E-state index contributed by atoms with van der Waals surface area (Å²) in [5, 5.41) is 13.6. The molecular weight excluding hydrogens is 332 g/mol. The number of fused-ring (bicyclic) bond motifs is 4. The van der Waals surface area contributed by atoms with Crippen LogP contribution in [0.25, 0.3) is 32.8 Å². The van der Waals surface area contributed by atoms with Crippen molar-refractivity contribution >= 4 is 21.5 Å². The van der Waals surface area contributed by atoms with Crippen LogP contribution in [-0.4, -0.2) is 0 Å². The predicted molar refractivity (Wildman–Crippen MR) is 107 cm³/mol. The van der Waals surface area contributed by atoms with E-state index >= 15 is 0 Å². The Morgan fingerprint density at radius 3 is 2.74 bits per heavy atom. The molecule has 0 saturated heterocycles. The van der Waals surface area contributed by atoms with Gasteiger partial charge < -0.3 is 4.74 Å². The molecule has 5 rings (SSSR count). The standard InChI is InChI=1S/C24H19N2O/c1-14-11-17-5-4-6-20-22(17)21(15(14)2)23-24(27-20)19-8-7-16(9-10-25)12-18(19)13-26(23)3/h4-8,11-13H,9H2,1-3H3/q+1. The summed E-state index contributed by atoms with van der Waals surface area (Å²) < 4.78 is 8.61. The minimum Gasteiger partial charge on any atom is -0.449 e. The van der Waals surface area contributed by atoms with Crippen LogP contribution in [0.15, 0.2) is 48.7 Å². The first-order valence-electron chi connectivity index (χ1n) is 9.12. The Kier molecular flexibility index (Phi) is 3.26. The number of aryl methyl sites for hydroxylation is 2. The van der Waals surface area contributed by atoms with E-state index in [0.717, 1.165) is 33.5 Å². The Morgan fingerprint density at radius 2 is 1.93 bits per heavy atom.